The highest BCUT2D eigenvalue weighted by atomic mass is 32.2. The van der Waals surface area contributed by atoms with E-state index in [0.29, 0.717) is 19.3 Å². The normalized spacial score (nSPS) is 35.8. The summed E-state index contributed by atoms with van der Waals surface area (Å²) in [6, 6.07) is 0. The van der Waals surface area contributed by atoms with Crippen molar-refractivity contribution >= 4 is 9.84 Å². The molecule has 0 aromatic carbocycles. The zero-order valence-corrected chi connectivity index (χ0v) is 7.81. The van der Waals surface area contributed by atoms with Crippen LogP contribution in [0.2, 0.25) is 0 Å². The zero-order valence-electron chi connectivity index (χ0n) is 6.99. The van der Waals surface area contributed by atoms with E-state index in [2.05, 4.69) is 0 Å². The summed E-state index contributed by atoms with van der Waals surface area (Å²) in [5, 5.41) is 8.93. The molecule has 1 rings (SSSR count). The average Bonchev–Trinajstić information content (AvgIpc) is 2.13. The maximum Gasteiger partial charge on any atom is 0.150 e. The topological polar surface area (TPSA) is 80.4 Å². The second kappa shape index (κ2) is 3.32. The maximum atomic E-state index is 11.1. The Hall–Kier alpha value is -0.130. The van der Waals surface area contributed by atoms with Crippen molar-refractivity contribution in [1.29, 1.82) is 0 Å². The molecule has 1 fully saturated rings. The molecule has 0 radical (unpaired) electrons. The van der Waals surface area contributed by atoms with Crippen molar-refractivity contribution in [3.8, 4) is 0 Å². The number of hydrogen-bond acceptors (Lipinski definition) is 4. The van der Waals surface area contributed by atoms with Gasteiger partial charge < -0.3 is 10.8 Å². The molecule has 1 aliphatic heterocycles. The first-order valence-corrected chi connectivity index (χ1v) is 5.90. The lowest BCUT2D eigenvalue weighted by Gasteiger charge is -2.24. The fourth-order valence-corrected chi connectivity index (χ4v) is 2.89. The van der Waals surface area contributed by atoms with Gasteiger partial charge in [-0.3, -0.25) is 0 Å². The third-order valence-electron chi connectivity index (χ3n) is 2.36. The first kappa shape index (κ1) is 9.95. The molecule has 1 atom stereocenters. The van der Waals surface area contributed by atoms with Crippen LogP contribution in [0, 0.1) is 0 Å². The van der Waals surface area contributed by atoms with E-state index in [9.17, 15) is 8.42 Å². The van der Waals surface area contributed by atoms with Crippen molar-refractivity contribution in [1.82, 2.24) is 0 Å². The largest absolute Gasteiger partial charge is 0.394 e. The summed E-state index contributed by atoms with van der Waals surface area (Å²) in [5.74, 6) is 0.329. The maximum absolute atomic E-state index is 11.1. The van der Waals surface area contributed by atoms with E-state index in [0.717, 1.165) is 0 Å². The highest BCUT2D eigenvalue weighted by molar-refractivity contribution is 7.91. The van der Waals surface area contributed by atoms with Gasteiger partial charge in [0.1, 0.15) is 9.84 Å². The van der Waals surface area contributed by atoms with E-state index < -0.39 is 15.4 Å². The average molecular weight is 193 g/mol. The summed E-state index contributed by atoms with van der Waals surface area (Å²) in [6.07, 6.45) is 1.55. The first-order chi connectivity index (χ1) is 5.47. The van der Waals surface area contributed by atoms with Crippen LogP contribution in [-0.2, 0) is 9.84 Å². The third-order valence-corrected chi connectivity index (χ3v) is 4.09. The molecule has 1 saturated heterocycles. The molecule has 0 aliphatic carbocycles. The Morgan fingerprint density at radius 2 is 2.00 bits per heavy atom. The molecule has 3 N–H and O–H groups in total. The Morgan fingerprint density at radius 3 is 2.58 bits per heavy atom. The SMILES string of the molecule is NC1(CO)CCCS(=O)(=O)CC1. The standard InChI is InChI=1S/C7H15NO3S/c8-7(6-9)2-1-4-12(10,11)5-3-7/h9H,1-6,8H2. The lowest BCUT2D eigenvalue weighted by molar-refractivity contribution is 0.184. The number of nitrogens with two attached hydrogens (primary N) is 1. The van der Waals surface area contributed by atoms with Gasteiger partial charge in [-0.15, -0.1) is 0 Å². The highest BCUT2D eigenvalue weighted by Crippen LogP contribution is 2.20. The van der Waals surface area contributed by atoms with Crippen molar-refractivity contribution in [2.45, 2.75) is 24.8 Å². The van der Waals surface area contributed by atoms with E-state index in [-0.39, 0.29) is 18.1 Å². The van der Waals surface area contributed by atoms with Crippen LogP contribution in [0.5, 0.6) is 0 Å². The molecule has 0 aromatic rings. The molecule has 1 unspecified atom stereocenters. The van der Waals surface area contributed by atoms with Crippen LogP contribution < -0.4 is 5.73 Å². The Morgan fingerprint density at radius 1 is 1.33 bits per heavy atom. The van der Waals surface area contributed by atoms with Crippen LogP contribution in [0.25, 0.3) is 0 Å². The van der Waals surface area contributed by atoms with Gasteiger partial charge in [0, 0.05) is 5.54 Å². The van der Waals surface area contributed by atoms with E-state index in [4.69, 9.17) is 10.8 Å². The van der Waals surface area contributed by atoms with Gasteiger partial charge in [-0.25, -0.2) is 8.42 Å². The number of hydrogen-bond donors (Lipinski definition) is 2. The minimum absolute atomic E-state index is 0.115. The number of rotatable bonds is 1. The lowest BCUT2D eigenvalue weighted by Crippen LogP contribution is -2.43. The van der Waals surface area contributed by atoms with Crippen LogP contribution in [-0.4, -0.2) is 37.2 Å². The van der Waals surface area contributed by atoms with E-state index in [1.54, 1.807) is 0 Å². The Balaban J connectivity index is 2.68. The molecular weight excluding hydrogens is 178 g/mol. The molecule has 12 heavy (non-hydrogen) atoms. The molecule has 0 saturated carbocycles. The predicted molar refractivity (Wildman–Crippen MR) is 46.5 cm³/mol. The monoisotopic (exact) mass is 193 g/mol. The number of aliphatic hydroxyl groups excluding tert-OH is 1. The van der Waals surface area contributed by atoms with Crippen LogP contribution in [0.15, 0.2) is 0 Å². The molecular formula is C7H15NO3S. The van der Waals surface area contributed by atoms with Crippen LogP contribution in [0.4, 0.5) is 0 Å². The van der Waals surface area contributed by atoms with Crippen molar-refractivity contribution in [3.05, 3.63) is 0 Å². The second-order valence-electron chi connectivity index (χ2n) is 3.53. The highest BCUT2D eigenvalue weighted by Gasteiger charge is 2.30. The minimum atomic E-state index is -2.89. The second-order valence-corrected chi connectivity index (χ2v) is 5.83. The molecule has 1 heterocycles. The zero-order chi connectivity index (χ0) is 9.24. The van der Waals surface area contributed by atoms with Crippen molar-refractivity contribution in [3.63, 3.8) is 0 Å². The molecule has 5 heteroatoms. The molecule has 0 spiro atoms. The van der Waals surface area contributed by atoms with Crippen molar-refractivity contribution in [2.24, 2.45) is 5.73 Å². The molecule has 0 bridgehead atoms. The number of aliphatic hydroxyl groups is 1. The quantitative estimate of drug-likeness (QED) is 0.575. The Kier molecular flexibility index (Phi) is 2.75. The van der Waals surface area contributed by atoms with Crippen molar-refractivity contribution < 1.29 is 13.5 Å². The van der Waals surface area contributed by atoms with Crippen LogP contribution >= 0.6 is 0 Å². The van der Waals surface area contributed by atoms with Gasteiger partial charge in [-0.1, -0.05) is 0 Å². The van der Waals surface area contributed by atoms with Gasteiger partial charge in [-0.2, -0.15) is 0 Å². The first-order valence-electron chi connectivity index (χ1n) is 4.08. The minimum Gasteiger partial charge on any atom is -0.394 e. The molecule has 1 aliphatic rings. The van der Waals surface area contributed by atoms with Crippen molar-refractivity contribution in [2.75, 3.05) is 18.1 Å². The van der Waals surface area contributed by atoms with Gasteiger partial charge in [0.25, 0.3) is 0 Å². The fourth-order valence-electron chi connectivity index (χ4n) is 1.39. The summed E-state index contributed by atoms with van der Waals surface area (Å²) in [6.45, 7) is -0.122. The van der Waals surface area contributed by atoms with Gasteiger partial charge in [-0.05, 0) is 19.3 Å². The van der Waals surface area contributed by atoms with Crippen LogP contribution in [0.3, 0.4) is 0 Å². The smallest absolute Gasteiger partial charge is 0.150 e. The van der Waals surface area contributed by atoms with E-state index >= 15 is 0 Å². The van der Waals surface area contributed by atoms with Gasteiger partial charge in [0.2, 0.25) is 0 Å². The lowest BCUT2D eigenvalue weighted by atomic mass is 9.93. The van der Waals surface area contributed by atoms with Gasteiger partial charge in [0.15, 0.2) is 0 Å². The fraction of sp³-hybridized carbons (Fsp3) is 1.00. The summed E-state index contributed by atoms with van der Waals surface area (Å²) >= 11 is 0. The van der Waals surface area contributed by atoms with Crippen LogP contribution in [0.1, 0.15) is 19.3 Å². The molecule has 72 valence electrons. The summed E-state index contributed by atoms with van der Waals surface area (Å²) < 4.78 is 22.3. The van der Waals surface area contributed by atoms with Gasteiger partial charge in [0.05, 0.1) is 18.1 Å². The van der Waals surface area contributed by atoms with E-state index in [1.165, 1.54) is 0 Å². The summed E-state index contributed by atoms with van der Waals surface area (Å²) in [7, 11) is -2.89. The number of sulfone groups is 1. The van der Waals surface area contributed by atoms with E-state index in [1.807, 2.05) is 0 Å². The Bertz CT molecular complexity index is 249. The third kappa shape index (κ3) is 2.43. The predicted octanol–water partition coefficient (Wildman–Crippen LogP) is -0.725. The summed E-state index contributed by atoms with van der Waals surface area (Å²) in [4.78, 5) is 0. The van der Waals surface area contributed by atoms with Gasteiger partial charge >= 0.3 is 0 Å². The summed E-state index contributed by atoms with van der Waals surface area (Å²) in [5.41, 5.74) is 5.10. The Labute approximate surface area is 72.7 Å². The molecule has 0 amide bonds. The molecule has 4 nitrogen and oxygen atoms in total. The molecule has 0 aromatic heterocycles.